The standard InChI is InChI=1S/C19H19F3N4O2/c1-11-4-7-16-14(8-11)17(25-26(16)3)18(27)24-12(2)15-6-5-13(9-23-15)28-10-19(20,21)22/h4-9,12H,10H2,1-3H3,(H,24,27). The van der Waals surface area contributed by atoms with Gasteiger partial charge in [-0.15, -0.1) is 0 Å². The van der Waals surface area contributed by atoms with E-state index < -0.39 is 18.8 Å². The molecule has 3 rings (SSSR count). The highest BCUT2D eigenvalue weighted by Gasteiger charge is 2.28. The fourth-order valence-electron chi connectivity index (χ4n) is 2.78. The van der Waals surface area contributed by atoms with Crippen molar-refractivity contribution in [1.29, 1.82) is 0 Å². The smallest absolute Gasteiger partial charge is 0.422 e. The molecule has 2 heterocycles. The van der Waals surface area contributed by atoms with Crippen LogP contribution >= 0.6 is 0 Å². The van der Waals surface area contributed by atoms with Crippen molar-refractivity contribution in [1.82, 2.24) is 20.1 Å². The number of aryl methyl sites for hydroxylation is 2. The van der Waals surface area contributed by atoms with E-state index in [-0.39, 0.29) is 11.7 Å². The van der Waals surface area contributed by atoms with Crippen LogP contribution in [0.25, 0.3) is 10.9 Å². The minimum Gasteiger partial charge on any atom is -0.483 e. The maximum atomic E-state index is 12.7. The lowest BCUT2D eigenvalue weighted by Gasteiger charge is -2.14. The minimum atomic E-state index is -4.41. The van der Waals surface area contributed by atoms with Gasteiger partial charge in [-0.3, -0.25) is 14.5 Å². The van der Waals surface area contributed by atoms with Crippen molar-refractivity contribution in [2.75, 3.05) is 6.61 Å². The monoisotopic (exact) mass is 392 g/mol. The Kier molecular flexibility index (Phi) is 5.26. The first kappa shape index (κ1) is 19.7. The number of benzene rings is 1. The van der Waals surface area contributed by atoms with Gasteiger partial charge in [-0.2, -0.15) is 18.3 Å². The summed E-state index contributed by atoms with van der Waals surface area (Å²) >= 11 is 0. The van der Waals surface area contributed by atoms with Gasteiger partial charge < -0.3 is 10.1 Å². The second-order valence-electron chi connectivity index (χ2n) is 6.51. The summed E-state index contributed by atoms with van der Waals surface area (Å²) in [5.74, 6) is -0.353. The highest BCUT2D eigenvalue weighted by Crippen LogP contribution is 2.22. The maximum Gasteiger partial charge on any atom is 0.422 e. The fraction of sp³-hybridized carbons (Fsp3) is 0.316. The Bertz CT molecular complexity index is 997. The number of hydrogen-bond acceptors (Lipinski definition) is 4. The molecule has 28 heavy (non-hydrogen) atoms. The number of nitrogens with one attached hydrogen (secondary N) is 1. The molecule has 0 spiro atoms. The zero-order valence-corrected chi connectivity index (χ0v) is 15.5. The van der Waals surface area contributed by atoms with Gasteiger partial charge in [-0.1, -0.05) is 11.6 Å². The third kappa shape index (κ3) is 4.41. The number of rotatable bonds is 5. The van der Waals surface area contributed by atoms with Crippen molar-refractivity contribution in [3.05, 3.63) is 53.5 Å². The third-order valence-electron chi connectivity index (χ3n) is 4.17. The molecule has 0 aliphatic heterocycles. The van der Waals surface area contributed by atoms with Gasteiger partial charge in [0.15, 0.2) is 12.3 Å². The number of halogens is 3. The quantitative estimate of drug-likeness (QED) is 0.719. The molecular formula is C19H19F3N4O2. The first-order valence-electron chi connectivity index (χ1n) is 8.54. The number of pyridine rings is 1. The lowest BCUT2D eigenvalue weighted by atomic mass is 10.1. The molecule has 0 aliphatic carbocycles. The van der Waals surface area contributed by atoms with Crippen LogP contribution in [0.1, 0.15) is 34.7 Å². The molecule has 1 unspecified atom stereocenters. The minimum absolute atomic E-state index is 0.00537. The Labute approximate surface area is 159 Å². The van der Waals surface area contributed by atoms with E-state index in [2.05, 4.69) is 20.1 Å². The highest BCUT2D eigenvalue weighted by atomic mass is 19.4. The van der Waals surface area contributed by atoms with E-state index in [0.717, 1.165) is 16.5 Å². The summed E-state index contributed by atoms with van der Waals surface area (Å²) in [6, 6.07) is 8.17. The van der Waals surface area contributed by atoms with Crippen LogP contribution in [0.3, 0.4) is 0 Å². The SMILES string of the molecule is Cc1ccc2c(c1)c(C(=O)NC(C)c1ccc(OCC(F)(F)F)cn1)nn2C. The number of aromatic nitrogens is 3. The molecule has 0 fully saturated rings. The summed E-state index contributed by atoms with van der Waals surface area (Å²) in [6.45, 7) is 2.28. The number of carbonyl (C=O) groups is 1. The van der Waals surface area contributed by atoms with E-state index in [0.29, 0.717) is 11.4 Å². The van der Waals surface area contributed by atoms with Crippen molar-refractivity contribution in [3.8, 4) is 5.75 Å². The molecule has 148 valence electrons. The zero-order chi connectivity index (χ0) is 20.5. The van der Waals surface area contributed by atoms with Crippen molar-refractivity contribution < 1.29 is 22.7 Å². The molecule has 6 nitrogen and oxygen atoms in total. The summed E-state index contributed by atoms with van der Waals surface area (Å²) in [5, 5.41) is 7.86. The first-order chi connectivity index (χ1) is 13.1. The van der Waals surface area contributed by atoms with E-state index in [9.17, 15) is 18.0 Å². The number of nitrogens with zero attached hydrogens (tertiary/aromatic N) is 3. The van der Waals surface area contributed by atoms with Crippen LogP contribution in [0.4, 0.5) is 13.2 Å². The molecule has 1 aromatic carbocycles. The molecular weight excluding hydrogens is 373 g/mol. The Balaban J connectivity index is 1.72. The van der Waals surface area contributed by atoms with Crippen LogP contribution < -0.4 is 10.1 Å². The van der Waals surface area contributed by atoms with Gasteiger partial charge in [0.05, 0.1) is 23.4 Å². The molecule has 3 aromatic rings. The molecule has 2 aromatic heterocycles. The lowest BCUT2D eigenvalue weighted by molar-refractivity contribution is -0.153. The zero-order valence-electron chi connectivity index (χ0n) is 15.5. The van der Waals surface area contributed by atoms with E-state index in [4.69, 9.17) is 0 Å². The average molecular weight is 392 g/mol. The van der Waals surface area contributed by atoms with Crippen molar-refractivity contribution in [2.24, 2.45) is 7.05 Å². The molecule has 9 heteroatoms. The molecule has 0 saturated heterocycles. The van der Waals surface area contributed by atoms with Gasteiger partial charge in [0.2, 0.25) is 0 Å². The van der Waals surface area contributed by atoms with E-state index in [1.165, 1.54) is 18.3 Å². The Morgan fingerprint density at radius 3 is 2.68 bits per heavy atom. The summed E-state index contributed by atoms with van der Waals surface area (Å²) in [4.78, 5) is 16.8. The topological polar surface area (TPSA) is 69.0 Å². The summed E-state index contributed by atoms with van der Waals surface area (Å²) in [5.41, 5.74) is 2.65. The van der Waals surface area contributed by atoms with Crippen molar-refractivity contribution in [3.63, 3.8) is 0 Å². The number of alkyl halides is 3. The van der Waals surface area contributed by atoms with Gasteiger partial charge in [0, 0.05) is 12.4 Å². The maximum absolute atomic E-state index is 12.7. The molecule has 0 radical (unpaired) electrons. The number of carbonyl (C=O) groups excluding carboxylic acids is 1. The van der Waals surface area contributed by atoms with Crippen LogP contribution in [0.15, 0.2) is 36.5 Å². The van der Waals surface area contributed by atoms with Gasteiger partial charge in [-0.25, -0.2) is 0 Å². The molecule has 0 saturated carbocycles. The van der Waals surface area contributed by atoms with Crippen LogP contribution in [-0.4, -0.2) is 33.5 Å². The van der Waals surface area contributed by atoms with E-state index >= 15 is 0 Å². The Hall–Kier alpha value is -3.10. The number of fused-ring (bicyclic) bond motifs is 1. The van der Waals surface area contributed by atoms with Crippen LogP contribution in [-0.2, 0) is 7.05 Å². The summed E-state index contributed by atoms with van der Waals surface area (Å²) < 4.78 is 42.8. The number of amides is 1. The van der Waals surface area contributed by atoms with E-state index in [1.54, 1.807) is 18.7 Å². The first-order valence-corrected chi connectivity index (χ1v) is 8.54. The van der Waals surface area contributed by atoms with Gasteiger partial charge in [-0.05, 0) is 38.1 Å². The van der Waals surface area contributed by atoms with E-state index in [1.807, 2.05) is 25.1 Å². The molecule has 0 aliphatic rings. The summed E-state index contributed by atoms with van der Waals surface area (Å²) in [7, 11) is 1.76. The lowest BCUT2D eigenvalue weighted by Crippen LogP contribution is -2.28. The van der Waals surface area contributed by atoms with Crippen LogP contribution in [0.5, 0.6) is 5.75 Å². The molecule has 1 N–H and O–H groups in total. The average Bonchev–Trinajstić information content (AvgIpc) is 2.96. The number of hydrogen-bond donors (Lipinski definition) is 1. The van der Waals surface area contributed by atoms with Gasteiger partial charge in [0.1, 0.15) is 5.75 Å². The van der Waals surface area contributed by atoms with Gasteiger partial charge in [0.25, 0.3) is 5.91 Å². The highest BCUT2D eigenvalue weighted by molar-refractivity contribution is 6.05. The Morgan fingerprint density at radius 2 is 2.04 bits per heavy atom. The van der Waals surface area contributed by atoms with Crippen molar-refractivity contribution in [2.45, 2.75) is 26.1 Å². The van der Waals surface area contributed by atoms with Crippen LogP contribution in [0.2, 0.25) is 0 Å². The Morgan fingerprint density at radius 1 is 1.29 bits per heavy atom. The normalized spacial score (nSPS) is 12.8. The van der Waals surface area contributed by atoms with Crippen molar-refractivity contribution >= 4 is 16.8 Å². The third-order valence-corrected chi connectivity index (χ3v) is 4.17. The largest absolute Gasteiger partial charge is 0.483 e. The molecule has 1 atom stereocenters. The number of ether oxygens (including phenoxy) is 1. The molecule has 0 bridgehead atoms. The second-order valence-corrected chi connectivity index (χ2v) is 6.51. The fourth-order valence-corrected chi connectivity index (χ4v) is 2.78. The predicted molar refractivity (Wildman–Crippen MR) is 97.1 cm³/mol. The van der Waals surface area contributed by atoms with Crippen LogP contribution in [0, 0.1) is 6.92 Å². The predicted octanol–water partition coefficient (Wildman–Crippen LogP) is 3.71. The molecule has 1 amide bonds. The summed E-state index contributed by atoms with van der Waals surface area (Å²) in [6.07, 6.45) is -3.22. The van der Waals surface area contributed by atoms with Gasteiger partial charge >= 0.3 is 6.18 Å². The second kappa shape index (κ2) is 7.49.